The van der Waals surface area contributed by atoms with E-state index in [1.54, 1.807) is 0 Å². The zero-order valence-corrected chi connectivity index (χ0v) is 18.5. The van der Waals surface area contributed by atoms with Crippen LogP contribution in [-0.2, 0) is 0 Å². The van der Waals surface area contributed by atoms with E-state index in [2.05, 4.69) is 21.3 Å². The van der Waals surface area contributed by atoms with E-state index in [0.29, 0.717) is 6.04 Å². The SMILES string of the molecule is NCCCNCCCCNCCCNCCCCNCCCC(N)CCCN. The minimum Gasteiger partial charge on any atom is -0.330 e. The molecule has 0 aliphatic carbocycles. The fourth-order valence-electron chi connectivity index (χ4n) is 3.08. The molecule has 170 valence electrons. The Balaban J connectivity index is 3.03. The Morgan fingerprint density at radius 1 is 0.429 bits per heavy atom. The van der Waals surface area contributed by atoms with Gasteiger partial charge in [-0.2, -0.15) is 0 Å². The quantitative estimate of drug-likeness (QED) is 0.117. The molecule has 1 atom stereocenters. The second-order valence-corrected chi connectivity index (χ2v) is 7.74. The van der Waals surface area contributed by atoms with Crippen LogP contribution >= 0.6 is 0 Å². The molecule has 0 aromatic heterocycles. The molecule has 0 radical (unpaired) electrons. The van der Waals surface area contributed by atoms with E-state index in [9.17, 15) is 0 Å². The van der Waals surface area contributed by atoms with Gasteiger partial charge in [0.2, 0.25) is 0 Å². The van der Waals surface area contributed by atoms with Crippen LogP contribution in [-0.4, -0.2) is 71.5 Å². The summed E-state index contributed by atoms with van der Waals surface area (Å²) in [6.45, 7) is 10.4. The molecule has 10 N–H and O–H groups in total. The number of hydrogen-bond donors (Lipinski definition) is 7. The predicted molar refractivity (Wildman–Crippen MR) is 124 cm³/mol. The van der Waals surface area contributed by atoms with Crippen molar-refractivity contribution in [1.82, 2.24) is 21.3 Å². The van der Waals surface area contributed by atoms with Crippen LogP contribution in [0.1, 0.15) is 64.2 Å². The van der Waals surface area contributed by atoms with Gasteiger partial charge in [0, 0.05) is 6.04 Å². The second-order valence-electron chi connectivity index (χ2n) is 7.74. The molecule has 0 rings (SSSR count). The van der Waals surface area contributed by atoms with E-state index in [1.165, 1.54) is 38.5 Å². The first kappa shape index (κ1) is 27.7. The van der Waals surface area contributed by atoms with Crippen molar-refractivity contribution >= 4 is 0 Å². The minimum atomic E-state index is 0.326. The Labute approximate surface area is 174 Å². The Bertz CT molecular complexity index is 279. The van der Waals surface area contributed by atoms with Crippen LogP contribution in [0.2, 0.25) is 0 Å². The minimum absolute atomic E-state index is 0.326. The molecule has 0 heterocycles. The highest BCUT2D eigenvalue weighted by atomic mass is 14.9. The number of nitrogens with two attached hydrogens (primary N) is 3. The van der Waals surface area contributed by atoms with Gasteiger partial charge in [0.1, 0.15) is 0 Å². The van der Waals surface area contributed by atoms with Gasteiger partial charge in [0.25, 0.3) is 0 Å². The van der Waals surface area contributed by atoms with Crippen LogP contribution in [0.25, 0.3) is 0 Å². The van der Waals surface area contributed by atoms with Crippen molar-refractivity contribution in [3.63, 3.8) is 0 Å². The van der Waals surface area contributed by atoms with Gasteiger partial charge in [-0.15, -0.1) is 0 Å². The lowest BCUT2D eigenvalue weighted by molar-refractivity contribution is 0.505. The van der Waals surface area contributed by atoms with E-state index in [-0.39, 0.29) is 0 Å². The van der Waals surface area contributed by atoms with Crippen molar-refractivity contribution in [2.24, 2.45) is 17.2 Å². The molecule has 1 unspecified atom stereocenters. The lowest BCUT2D eigenvalue weighted by atomic mass is 10.1. The fourth-order valence-corrected chi connectivity index (χ4v) is 3.08. The molecule has 7 heteroatoms. The highest BCUT2D eigenvalue weighted by Gasteiger charge is 2.01. The average molecular weight is 402 g/mol. The van der Waals surface area contributed by atoms with Gasteiger partial charge in [-0.25, -0.2) is 0 Å². The molecule has 0 saturated heterocycles. The molecule has 0 amide bonds. The number of rotatable bonds is 24. The van der Waals surface area contributed by atoms with Crippen molar-refractivity contribution in [3.05, 3.63) is 0 Å². The summed E-state index contributed by atoms with van der Waals surface area (Å²) in [7, 11) is 0. The fraction of sp³-hybridized carbons (Fsp3) is 1.00. The molecule has 0 aromatic carbocycles. The van der Waals surface area contributed by atoms with Gasteiger partial charge >= 0.3 is 0 Å². The van der Waals surface area contributed by atoms with E-state index in [0.717, 1.165) is 91.1 Å². The third kappa shape index (κ3) is 23.8. The zero-order valence-electron chi connectivity index (χ0n) is 18.5. The summed E-state index contributed by atoms with van der Waals surface area (Å²) < 4.78 is 0. The van der Waals surface area contributed by atoms with Crippen LogP contribution in [0, 0.1) is 0 Å². The Hall–Kier alpha value is -0.280. The third-order valence-electron chi connectivity index (χ3n) is 4.89. The van der Waals surface area contributed by atoms with Crippen molar-refractivity contribution in [3.8, 4) is 0 Å². The smallest absolute Gasteiger partial charge is 0.00397 e. The molecule has 0 aliphatic rings. The molecule has 0 aliphatic heterocycles. The lowest BCUT2D eigenvalue weighted by Crippen LogP contribution is -2.25. The summed E-state index contributed by atoms with van der Waals surface area (Å²) in [6.07, 6.45) is 11.6. The first-order valence-corrected chi connectivity index (χ1v) is 11.8. The molecule has 7 nitrogen and oxygen atoms in total. The average Bonchev–Trinajstić information content (AvgIpc) is 2.70. The van der Waals surface area contributed by atoms with Crippen molar-refractivity contribution < 1.29 is 0 Å². The van der Waals surface area contributed by atoms with Crippen molar-refractivity contribution in [2.45, 2.75) is 70.3 Å². The summed E-state index contributed by atoms with van der Waals surface area (Å²) in [4.78, 5) is 0. The number of unbranched alkanes of at least 4 members (excludes halogenated alkanes) is 2. The van der Waals surface area contributed by atoms with Gasteiger partial charge in [0.05, 0.1) is 0 Å². The summed E-state index contributed by atoms with van der Waals surface area (Å²) >= 11 is 0. The summed E-state index contributed by atoms with van der Waals surface area (Å²) in [5.74, 6) is 0. The maximum Gasteiger partial charge on any atom is 0.00397 e. The number of hydrogen-bond acceptors (Lipinski definition) is 7. The first-order valence-electron chi connectivity index (χ1n) is 11.8. The highest BCUT2D eigenvalue weighted by Crippen LogP contribution is 2.00. The monoisotopic (exact) mass is 401 g/mol. The lowest BCUT2D eigenvalue weighted by Gasteiger charge is -2.11. The summed E-state index contributed by atoms with van der Waals surface area (Å²) in [5.41, 5.74) is 17.0. The predicted octanol–water partition coefficient (Wildman–Crippen LogP) is 0.491. The Morgan fingerprint density at radius 2 is 0.786 bits per heavy atom. The summed E-state index contributed by atoms with van der Waals surface area (Å²) in [5, 5.41) is 14.0. The zero-order chi connectivity index (χ0) is 20.5. The third-order valence-corrected chi connectivity index (χ3v) is 4.89. The molecular weight excluding hydrogens is 350 g/mol. The number of nitrogens with one attached hydrogen (secondary N) is 4. The molecule has 0 bridgehead atoms. The first-order chi connectivity index (χ1) is 13.8. The summed E-state index contributed by atoms with van der Waals surface area (Å²) in [6, 6.07) is 0.326. The molecule has 0 saturated carbocycles. The maximum atomic E-state index is 6.04. The van der Waals surface area contributed by atoms with Crippen LogP contribution in [0.15, 0.2) is 0 Å². The van der Waals surface area contributed by atoms with Gasteiger partial charge in [-0.1, -0.05) is 0 Å². The topological polar surface area (TPSA) is 126 Å². The van der Waals surface area contributed by atoms with Gasteiger partial charge < -0.3 is 38.5 Å². The van der Waals surface area contributed by atoms with Gasteiger partial charge in [-0.3, -0.25) is 0 Å². The van der Waals surface area contributed by atoms with E-state index in [1.807, 2.05) is 0 Å². The molecular formula is C21H51N7. The Kier molecular flexibility index (Phi) is 24.5. The second kappa shape index (κ2) is 24.8. The molecule has 28 heavy (non-hydrogen) atoms. The van der Waals surface area contributed by atoms with Gasteiger partial charge in [-0.05, 0) is 130 Å². The van der Waals surface area contributed by atoms with E-state index in [4.69, 9.17) is 17.2 Å². The van der Waals surface area contributed by atoms with Crippen molar-refractivity contribution in [2.75, 3.05) is 65.4 Å². The normalized spacial score (nSPS) is 12.5. The van der Waals surface area contributed by atoms with Crippen LogP contribution in [0.5, 0.6) is 0 Å². The van der Waals surface area contributed by atoms with Gasteiger partial charge in [0.15, 0.2) is 0 Å². The molecule has 0 spiro atoms. The van der Waals surface area contributed by atoms with E-state index >= 15 is 0 Å². The van der Waals surface area contributed by atoms with Crippen LogP contribution in [0.3, 0.4) is 0 Å². The molecule has 0 aromatic rings. The standard InChI is InChI=1S/C21H51N7/c22-11-5-9-21(24)10-6-17-25-13-1-3-15-27-19-8-20-28-16-4-2-14-26-18-7-12-23/h21,25-28H,1-20,22-24H2. The molecule has 0 fully saturated rings. The van der Waals surface area contributed by atoms with Crippen LogP contribution < -0.4 is 38.5 Å². The van der Waals surface area contributed by atoms with Crippen LogP contribution in [0.4, 0.5) is 0 Å². The highest BCUT2D eigenvalue weighted by molar-refractivity contribution is 4.63. The Morgan fingerprint density at radius 3 is 1.25 bits per heavy atom. The van der Waals surface area contributed by atoms with E-state index < -0.39 is 0 Å². The largest absolute Gasteiger partial charge is 0.330 e. The maximum absolute atomic E-state index is 6.04. The van der Waals surface area contributed by atoms with Crippen molar-refractivity contribution in [1.29, 1.82) is 0 Å².